The average Bonchev–Trinajstić information content (AvgIpc) is 2.57. The zero-order valence-corrected chi connectivity index (χ0v) is 8.64. The molecule has 3 rings (SSSR count). The van der Waals surface area contributed by atoms with Gasteiger partial charge < -0.3 is 0 Å². The molecule has 3 aromatic rings. The minimum Gasteiger partial charge on any atom is -0.263 e. The highest BCUT2D eigenvalue weighted by Crippen LogP contribution is 2.34. The van der Waals surface area contributed by atoms with Gasteiger partial charge in [0, 0.05) is 27.9 Å². The van der Waals surface area contributed by atoms with Gasteiger partial charge in [-0.2, -0.15) is 0 Å². The van der Waals surface area contributed by atoms with E-state index in [1.54, 1.807) is 0 Å². The first-order chi connectivity index (χ1) is 6.86. The van der Waals surface area contributed by atoms with Gasteiger partial charge in [0.1, 0.15) is 0 Å². The van der Waals surface area contributed by atoms with Crippen molar-refractivity contribution in [2.24, 2.45) is 0 Å². The van der Waals surface area contributed by atoms with Crippen molar-refractivity contribution >= 4 is 31.5 Å². The van der Waals surface area contributed by atoms with Crippen LogP contribution < -0.4 is 0 Å². The van der Waals surface area contributed by atoms with Crippen LogP contribution in [0.5, 0.6) is 0 Å². The van der Waals surface area contributed by atoms with Crippen LogP contribution >= 0.6 is 11.3 Å². The molecule has 68 valence electrons. The lowest BCUT2D eigenvalue weighted by Crippen LogP contribution is -1.76. The molecule has 1 nitrogen and oxygen atoms in total. The zero-order chi connectivity index (χ0) is 9.54. The third-order valence-corrected chi connectivity index (χ3v) is 3.58. The minimum absolute atomic E-state index is 1.26. The fourth-order valence-electron chi connectivity index (χ4n) is 1.84. The van der Waals surface area contributed by atoms with Crippen LogP contribution in [-0.2, 0) is 0 Å². The van der Waals surface area contributed by atoms with Crippen LogP contribution in [0.4, 0.5) is 0 Å². The molecule has 2 aromatic heterocycles. The van der Waals surface area contributed by atoms with Crippen molar-refractivity contribution in [2.45, 2.75) is 6.92 Å². The fourth-order valence-corrected chi connectivity index (χ4v) is 2.99. The molecule has 0 amide bonds. The van der Waals surface area contributed by atoms with E-state index >= 15 is 0 Å². The number of fused-ring (bicyclic) bond motifs is 3. The topological polar surface area (TPSA) is 12.9 Å². The Labute approximate surface area is 86.0 Å². The summed E-state index contributed by atoms with van der Waals surface area (Å²) in [6.45, 7) is 2.12. The molecule has 1 aromatic carbocycles. The quantitative estimate of drug-likeness (QED) is 0.537. The molecule has 2 heteroatoms. The number of rotatable bonds is 0. The number of benzene rings is 1. The van der Waals surface area contributed by atoms with E-state index in [2.05, 4.69) is 36.2 Å². The summed E-state index contributed by atoms with van der Waals surface area (Å²) in [7, 11) is 0. The van der Waals surface area contributed by atoms with Crippen LogP contribution in [-0.4, -0.2) is 4.98 Å². The van der Waals surface area contributed by atoms with Crippen LogP contribution in [0.2, 0.25) is 0 Å². The molecule has 2 heterocycles. The predicted molar refractivity (Wildman–Crippen MR) is 61.9 cm³/mol. The number of hydrogen-bond donors (Lipinski definition) is 0. The Kier molecular flexibility index (Phi) is 1.58. The summed E-state index contributed by atoms with van der Waals surface area (Å²) in [5.41, 5.74) is 1.26. The summed E-state index contributed by atoms with van der Waals surface area (Å²) in [5.74, 6) is 0. The molecule has 0 spiro atoms. The monoisotopic (exact) mass is 199 g/mol. The fraction of sp³-hybridized carbons (Fsp3) is 0.0833. The maximum atomic E-state index is 4.22. The summed E-state index contributed by atoms with van der Waals surface area (Å²) >= 11 is 1.81. The summed E-state index contributed by atoms with van der Waals surface area (Å²) in [6.07, 6.45) is 3.88. The van der Waals surface area contributed by atoms with Crippen molar-refractivity contribution in [1.82, 2.24) is 4.98 Å². The molecular weight excluding hydrogens is 190 g/mol. The van der Waals surface area contributed by atoms with Gasteiger partial charge in [0.15, 0.2) is 0 Å². The SMILES string of the molecule is Cc1cncc2sc3ccccc3c12. The van der Waals surface area contributed by atoms with Crippen LogP contribution in [0, 0.1) is 6.92 Å². The van der Waals surface area contributed by atoms with Gasteiger partial charge in [0.25, 0.3) is 0 Å². The maximum absolute atomic E-state index is 4.22. The third kappa shape index (κ3) is 0.976. The van der Waals surface area contributed by atoms with E-state index in [9.17, 15) is 0 Å². The Balaban J connectivity index is 2.65. The standard InChI is InChI=1S/C12H9NS/c1-8-6-13-7-11-12(8)9-4-2-3-5-10(9)14-11/h2-7H,1H3. The zero-order valence-electron chi connectivity index (χ0n) is 7.82. The molecule has 0 N–H and O–H groups in total. The van der Waals surface area contributed by atoms with Gasteiger partial charge in [-0.15, -0.1) is 11.3 Å². The highest BCUT2D eigenvalue weighted by Gasteiger charge is 2.05. The molecule has 14 heavy (non-hydrogen) atoms. The Morgan fingerprint density at radius 2 is 1.93 bits per heavy atom. The molecular formula is C12H9NS. The summed E-state index contributed by atoms with van der Waals surface area (Å²) in [6, 6.07) is 8.52. The highest BCUT2D eigenvalue weighted by molar-refractivity contribution is 7.25. The van der Waals surface area contributed by atoms with Crippen molar-refractivity contribution in [3.8, 4) is 0 Å². The Morgan fingerprint density at radius 3 is 2.86 bits per heavy atom. The van der Waals surface area contributed by atoms with E-state index in [-0.39, 0.29) is 0 Å². The van der Waals surface area contributed by atoms with Crippen LogP contribution in [0.25, 0.3) is 20.2 Å². The summed E-state index contributed by atoms with van der Waals surface area (Å²) < 4.78 is 2.63. The second kappa shape index (κ2) is 2.79. The molecule has 0 bridgehead atoms. The predicted octanol–water partition coefficient (Wildman–Crippen LogP) is 3.76. The third-order valence-electron chi connectivity index (χ3n) is 2.48. The Morgan fingerprint density at radius 1 is 1.07 bits per heavy atom. The van der Waals surface area contributed by atoms with Gasteiger partial charge in [0.2, 0.25) is 0 Å². The van der Waals surface area contributed by atoms with Gasteiger partial charge in [-0.1, -0.05) is 18.2 Å². The van der Waals surface area contributed by atoms with E-state index in [1.165, 1.54) is 25.7 Å². The largest absolute Gasteiger partial charge is 0.263 e. The number of aromatic nitrogens is 1. The van der Waals surface area contributed by atoms with E-state index in [0.717, 1.165) is 0 Å². The number of hydrogen-bond acceptors (Lipinski definition) is 2. The van der Waals surface area contributed by atoms with Gasteiger partial charge in [0.05, 0.1) is 4.70 Å². The molecule has 0 aliphatic carbocycles. The van der Waals surface area contributed by atoms with Crippen molar-refractivity contribution in [3.05, 3.63) is 42.2 Å². The van der Waals surface area contributed by atoms with Crippen LogP contribution in [0.3, 0.4) is 0 Å². The van der Waals surface area contributed by atoms with Gasteiger partial charge in [-0.25, -0.2) is 0 Å². The van der Waals surface area contributed by atoms with Crippen LogP contribution in [0.15, 0.2) is 36.7 Å². The maximum Gasteiger partial charge on any atom is 0.0541 e. The van der Waals surface area contributed by atoms with E-state index in [1.807, 2.05) is 23.7 Å². The molecule has 0 unspecified atom stereocenters. The van der Waals surface area contributed by atoms with Crippen molar-refractivity contribution in [1.29, 1.82) is 0 Å². The molecule has 0 radical (unpaired) electrons. The van der Waals surface area contributed by atoms with E-state index < -0.39 is 0 Å². The minimum atomic E-state index is 1.26. The first-order valence-corrected chi connectivity index (χ1v) is 5.40. The molecule has 0 saturated carbocycles. The van der Waals surface area contributed by atoms with Gasteiger partial charge in [-0.3, -0.25) is 4.98 Å². The van der Waals surface area contributed by atoms with Crippen molar-refractivity contribution < 1.29 is 0 Å². The smallest absolute Gasteiger partial charge is 0.0541 e. The Bertz CT molecular complexity index is 610. The van der Waals surface area contributed by atoms with Crippen molar-refractivity contribution in [3.63, 3.8) is 0 Å². The summed E-state index contributed by atoms with van der Waals surface area (Å²) in [5, 5.41) is 2.72. The highest BCUT2D eigenvalue weighted by atomic mass is 32.1. The number of aryl methyl sites for hydroxylation is 1. The van der Waals surface area contributed by atoms with E-state index in [4.69, 9.17) is 0 Å². The number of nitrogens with zero attached hydrogens (tertiary/aromatic N) is 1. The van der Waals surface area contributed by atoms with Gasteiger partial charge in [-0.05, 0) is 18.6 Å². The lowest BCUT2D eigenvalue weighted by atomic mass is 10.1. The summed E-state index contributed by atoms with van der Waals surface area (Å²) in [4.78, 5) is 4.22. The number of thiophene rings is 1. The van der Waals surface area contributed by atoms with Gasteiger partial charge >= 0.3 is 0 Å². The molecule has 0 fully saturated rings. The molecule has 0 saturated heterocycles. The Hall–Kier alpha value is -1.41. The first-order valence-electron chi connectivity index (χ1n) is 4.58. The first kappa shape index (κ1) is 7.94. The molecule has 0 atom stereocenters. The molecule has 0 aliphatic heterocycles. The molecule has 0 aliphatic rings. The van der Waals surface area contributed by atoms with Crippen molar-refractivity contribution in [2.75, 3.05) is 0 Å². The second-order valence-electron chi connectivity index (χ2n) is 3.43. The van der Waals surface area contributed by atoms with E-state index in [0.29, 0.717) is 0 Å². The average molecular weight is 199 g/mol. The number of pyridine rings is 1. The normalized spacial score (nSPS) is 11.2. The lowest BCUT2D eigenvalue weighted by Gasteiger charge is -1.94. The van der Waals surface area contributed by atoms with Crippen LogP contribution in [0.1, 0.15) is 5.56 Å². The second-order valence-corrected chi connectivity index (χ2v) is 4.51. The lowest BCUT2D eigenvalue weighted by molar-refractivity contribution is 1.32.